The maximum absolute atomic E-state index is 12.8. The second-order valence-electron chi connectivity index (χ2n) is 6.53. The number of nitrogens with zero attached hydrogens (tertiary/aromatic N) is 5. The van der Waals surface area contributed by atoms with Crippen molar-refractivity contribution in [2.24, 2.45) is 0 Å². The van der Waals surface area contributed by atoms with Crippen molar-refractivity contribution in [3.63, 3.8) is 0 Å². The number of hydrogen-bond acceptors (Lipinski definition) is 5. The third kappa shape index (κ3) is 4.09. The zero-order chi connectivity index (χ0) is 20.4. The first-order chi connectivity index (χ1) is 13.9. The van der Waals surface area contributed by atoms with E-state index >= 15 is 0 Å². The number of pyridine rings is 1. The van der Waals surface area contributed by atoms with Crippen molar-refractivity contribution in [1.29, 1.82) is 0 Å². The number of imidazole rings is 1. The van der Waals surface area contributed by atoms with Crippen molar-refractivity contribution < 1.29 is 13.2 Å². The van der Waals surface area contributed by atoms with Gasteiger partial charge in [-0.25, -0.2) is 18.4 Å². The average molecular weight is 476 g/mol. The second-order valence-corrected chi connectivity index (χ2v) is 9.38. The van der Waals surface area contributed by atoms with Crippen molar-refractivity contribution in [2.45, 2.75) is 4.90 Å². The fraction of sp³-hybridized carbons (Fsp3) is 0.211. The van der Waals surface area contributed by atoms with E-state index in [1.54, 1.807) is 64.6 Å². The molecule has 1 aliphatic heterocycles. The standard InChI is InChI=1S/C19H18BrN5O3S/c20-16-2-4-17(5-3-16)29(27,28)25-11-9-23(10-12-25)19(26)15-1-6-18(22-13-15)24-8-7-21-14-24/h1-8,13-14H,9-12H2. The van der Waals surface area contributed by atoms with Crippen molar-refractivity contribution in [3.05, 3.63) is 71.4 Å². The van der Waals surface area contributed by atoms with E-state index in [2.05, 4.69) is 25.9 Å². The van der Waals surface area contributed by atoms with E-state index in [0.717, 1.165) is 4.47 Å². The predicted octanol–water partition coefficient (Wildman–Crippen LogP) is 2.18. The third-order valence-corrected chi connectivity index (χ3v) is 7.18. The van der Waals surface area contributed by atoms with E-state index in [0.29, 0.717) is 24.5 Å². The smallest absolute Gasteiger partial charge is 0.255 e. The molecule has 4 rings (SSSR count). The Kier molecular flexibility index (Phi) is 5.48. The molecule has 10 heteroatoms. The summed E-state index contributed by atoms with van der Waals surface area (Å²) in [5.74, 6) is 0.514. The molecule has 0 spiro atoms. The molecule has 1 amide bonds. The Morgan fingerprint density at radius 3 is 2.31 bits per heavy atom. The Hall–Kier alpha value is -2.56. The Bertz CT molecular complexity index is 1090. The molecule has 29 heavy (non-hydrogen) atoms. The molecule has 1 fully saturated rings. The number of halogens is 1. The first-order valence-electron chi connectivity index (χ1n) is 8.94. The first-order valence-corrected chi connectivity index (χ1v) is 11.2. The number of carbonyl (C=O) groups excluding carboxylic acids is 1. The molecule has 150 valence electrons. The molecule has 0 radical (unpaired) electrons. The summed E-state index contributed by atoms with van der Waals surface area (Å²) in [4.78, 5) is 22.9. The van der Waals surface area contributed by atoms with E-state index < -0.39 is 10.0 Å². The lowest BCUT2D eigenvalue weighted by molar-refractivity contribution is 0.0697. The Morgan fingerprint density at radius 2 is 1.72 bits per heavy atom. The summed E-state index contributed by atoms with van der Waals surface area (Å²) in [5, 5.41) is 0. The number of piperazine rings is 1. The molecule has 1 aliphatic rings. The van der Waals surface area contributed by atoms with Crippen LogP contribution in [-0.4, -0.2) is 64.2 Å². The highest BCUT2D eigenvalue weighted by molar-refractivity contribution is 9.10. The highest BCUT2D eigenvalue weighted by Crippen LogP contribution is 2.20. The van der Waals surface area contributed by atoms with Crippen LogP contribution in [0, 0.1) is 0 Å². The molecule has 3 aromatic rings. The van der Waals surface area contributed by atoms with Gasteiger partial charge in [0.1, 0.15) is 12.1 Å². The quantitative estimate of drug-likeness (QED) is 0.576. The molecule has 0 aliphatic carbocycles. The van der Waals surface area contributed by atoms with Crippen LogP contribution in [0.2, 0.25) is 0 Å². The van der Waals surface area contributed by atoms with Crippen LogP contribution >= 0.6 is 15.9 Å². The van der Waals surface area contributed by atoms with Crippen LogP contribution in [0.4, 0.5) is 0 Å². The van der Waals surface area contributed by atoms with Gasteiger partial charge >= 0.3 is 0 Å². The maximum Gasteiger partial charge on any atom is 0.255 e. The Labute approximate surface area is 177 Å². The molecule has 8 nitrogen and oxygen atoms in total. The lowest BCUT2D eigenvalue weighted by Crippen LogP contribution is -2.50. The Balaban J connectivity index is 1.41. The minimum Gasteiger partial charge on any atom is -0.336 e. The summed E-state index contributed by atoms with van der Waals surface area (Å²) in [6.45, 7) is 1.17. The maximum atomic E-state index is 12.8. The van der Waals surface area contributed by atoms with E-state index in [1.165, 1.54) is 10.5 Å². The normalized spacial score (nSPS) is 15.4. The van der Waals surface area contributed by atoms with Crippen molar-refractivity contribution >= 4 is 31.9 Å². The highest BCUT2D eigenvalue weighted by atomic mass is 79.9. The lowest BCUT2D eigenvalue weighted by Gasteiger charge is -2.34. The lowest BCUT2D eigenvalue weighted by atomic mass is 10.2. The van der Waals surface area contributed by atoms with Gasteiger partial charge < -0.3 is 4.90 Å². The van der Waals surface area contributed by atoms with E-state index in [1.807, 2.05) is 0 Å². The SMILES string of the molecule is O=C(c1ccc(-n2ccnc2)nc1)N1CCN(S(=O)(=O)c2ccc(Br)cc2)CC1. The molecule has 0 N–H and O–H groups in total. The zero-order valence-electron chi connectivity index (χ0n) is 15.3. The van der Waals surface area contributed by atoms with Gasteiger partial charge in [0.05, 0.1) is 10.5 Å². The van der Waals surface area contributed by atoms with E-state index in [9.17, 15) is 13.2 Å². The van der Waals surface area contributed by atoms with E-state index in [-0.39, 0.29) is 23.9 Å². The Morgan fingerprint density at radius 1 is 1.00 bits per heavy atom. The minimum absolute atomic E-state index is 0.157. The molecule has 2 aromatic heterocycles. The van der Waals surface area contributed by atoms with Crippen LogP contribution in [0.25, 0.3) is 5.82 Å². The molecule has 0 saturated carbocycles. The summed E-state index contributed by atoms with van der Waals surface area (Å²) in [6.07, 6.45) is 6.59. The summed E-state index contributed by atoms with van der Waals surface area (Å²) in [6, 6.07) is 10.0. The van der Waals surface area contributed by atoms with Gasteiger partial charge in [0, 0.05) is 49.2 Å². The van der Waals surface area contributed by atoms with Gasteiger partial charge in [0.15, 0.2) is 0 Å². The van der Waals surface area contributed by atoms with Crippen LogP contribution in [0.1, 0.15) is 10.4 Å². The third-order valence-electron chi connectivity index (χ3n) is 4.74. The molecular formula is C19H18BrN5O3S. The van der Waals surface area contributed by atoms with Gasteiger partial charge in [-0.3, -0.25) is 9.36 Å². The van der Waals surface area contributed by atoms with Crippen LogP contribution in [0.3, 0.4) is 0 Å². The molecule has 0 atom stereocenters. The van der Waals surface area contributed by atoms with Gasteiger partial charge in [-0.15, -0.1) is 0 Å². The van der Waals surface area contributed by atoms with Crippen molar-refractivity contribution in [1.82, 2.24) is 23.7 Å². The van der Waals surface area contributed by atoms with Gasteiger partial charge in [-0.2, -0.15) is 4.31 Å². The van der Waals surface area contributed by atoms with Crippen LogP contribution < -0.4 is 0 Å². The largest absolute Gasteiger partial charge is 0.336 e. The number of carbonyl (C=O) groups is 1. The molecule has 1 aromatic carbocycles. The van der Waals surface area contributed by atoms with Crippen molar-refractivity contribution in [3.8, 4) is 5.82 Å². The van der Waals surface area contributed by atoms with Gasteiger partial charge in [-0.05, 0) is 36.4 Å². The highest BCUT2D eigenvalue weighted by Gasteiger charge is 2.30. The van der Waals surface area contributed by atoms with Crippen molar-refractivity contribution in [2.75, 3.05) is 26.2 Å². The number of amides is 1. The van der Waals surface area contributed by atoms with Crippen LogP contribution in [-0.2, 0) is 10.0 Å². The fourth-order valence-corrected chi connectivity index (χ4v) is 4.82. The zero-order valence-corrected chi connectivity index (χ0v) is 17.8. The molecule has 3 heterocycles. The fourth-order valence-electron chi connectivity index (χ4n) is 3.13. The predicted molar refractivity (Wildman–Crippen MR) is 110 cm³/mol. The summed E-state index contributed by atoms with van der Waals surface area (Å²) < 4.78 is 29.6. The summed E-state index contributed by atoms with van der Waals surface area (Å²) in [5.41, 5.74) is 0.470. The average Bonchev–Trinajstić information content (AvgIpc) is 3.29. The van der Waals surface area contributed by atoms with E-state index in [4.69, 9.17) is 0 Å². The van der Waals surface area contributed by atoms with Gasteiger partial charge in [0.2, 0.25) is 10.0 Å². The van der Waals surface area contributed by atoms with Crippen LogP contribution in [0.15, 0.2) is 70.7 Å². The molecule has 0 unspecified atom stereocenters. The molecular weight excluding hydrogens is 458 g/mol. The monoisotopic (exact) mass is 475 g/mol. The first kappa shape index (κ1) is 19.7. The number of benzene rings is 1. The molecule has 0 bridgehead atoms. The number of hydrogen-bond donors (Lipinski definition) is 0. The number of sulfonamides is 1. The van der Waals surface area contributed by atoms with Crippen LogP contribution in [0.5, 0.6) is 0 Å². The second kappa shape index (κ2) is 8.05. The topological polar surface area (TPSA) is 88.4 Å². The summed E-state index contributed by atoms with van der Waals surface area (Å²) in [7, 11) is -3.57. The minimum atomic E-state index is -3.57. The van der Waals surface area contributed by atoms with Gasteiger partial charge in [-0.1, -0.05) is 15.9 Å². The number of aromatic nitrogens is 3. The molecule has 1 saturated heterocycles. The number of rotatable bonds is 4. The van der Waals surface area contributed by atoms with Gasteiger partial charge in [0.25, 0.3) is 5.91 Å². The summed E-state index contributed by atoms with van der Waals surface area (Å²) >= 11 is 3.31.